The van der Waals surface area contributed by atoms with E-state index in [1.807, 2.05) is 0 Å². The molecule has 2 rings (SSSR count). The Bertz CT molecular complexity index is 297. The fourth-order valence-corrected chi connectivity index (χ4v) is 2.39. The predicted molar refractivity (Wildman–Crippen MR) is 63.5 cm³/mol. The zero-order chi connectivity index (χ0) is 10.7. The third-order valence-electron chi connectivity index (χ3n) is 3.34. The minimum atomic E-state index is 0.374. The van der Waals surface area contributed by atoms with E-state index in [1.54, 1.807) is 0 Å². The fourth-order valence-electron chi connectivity index (χ4n) is 2.39. The summed E-state index contributed by atoms with van der Waals surface area (Å²) in [5, 5.41) is 0. The number of likely N-dealkylation sites (tertiary alicyclic amines) is 1. The molecule has 0 aliphatic carbocycles. The highest BCUT2D eigenvalue weighted by Gasteiger charge is 2.28. The molecule has 2 N–H and O–H groups in total. The first-order valence-electron chi connectivity index (χ1n) is 5.81. The number of benzene rings is 1. The summed E-state index contributed by atoms with van der Waals surface area (Å²) in [6.45, 7) is 5.49. The van der Waals surface area contributed by atoms with Crippen LogP contribution >= 0.6 is 0 Å². The first-order valence-corrected chi connectivity index (χ1v) is 5.81. The van der Waals surface area contributed by atoms with Crippen molar-refractivity contribution >= 4 is 0 Å². The standard InChI is InChI=1S/C13H20N2/c1-2-12-9-15(10-13(12)14)8-11-6-4-3-5-7-11/h3-7,12-13H,2,8-10,14H2,1H3. The van der Waals surface area contributed by atoms with Crippen molar-refractivity contribution in [2.75, 3.05) is 13.1 Å². The minimum Gasteiger partial charge on any atom is -0.326 e. The van der Waals surface area contributed by atoms with Crippen LogP contribution in [0.25, 0.3) is 0 Å². The Kier molecular flexibility index (Phi) is 3.39. The van der Waals surface area contributed by atoms with Crippen molar-refractivity contribution in [1.82, 2.24) is 4.90 Å². The van der Waals surface area contributed by atoms with Crippen molar-refractivity contribution < 1.29 is 0 Å². The van der Waals surface area contributed by atoms with Crippen LogP contribution in [-0.4, -0.2) is 24.0 Å². The van der Waals surface area contributed by atoms with Gasteiger partial charge in [0, 0.05) is 25.7 Å². The fraction of sp³-hybridized carbons (Fsp3) is 0.538. The molecule has 0 aromatic heterocycles. The molecule has 0 spiro atoms. The number of nitrogens with two attached hydrogens (primary N) is 1. The molecule has 2 atom stereocenters. The highest BCUT2D eigenvalue weighted by atomic mass is 15.2. The molecule has 15 heavy (non-hydrogen) atoms. The van der Waals surface area contributed by atoms with Gasteiger partial charge < -0.3 is 5.73 Å². The largest absolute Gasteiger partial charge is 0.326 e. The molecule has 0 bridgehead atoms. The van der Waals surface area contributed by atoms with Crippen LogP contribution in [0, 0.1) is 5.92 Å². The molecule has 0 radical (unpaired) electrons. The Balaban J connectivity index is 1.92. The van der Waals surface area contributed by atoms with Gasteiger partial charge in [-0.15, -0.1) is 0 Å². The Morgan fingerprint density at radius 3 is 2.60 bits per heavy atom. The predicted octanol–water partition coefficient (Wildman–Crippen LogP) is 1.86. The van der Waals surface area contributed by atoms with Crippen molar-refractivity contribution in [2.24, 2.45) is 11.7 Å². The van der Waals surface area contributed by atoms with Crippen LogP contribution < -0.4 is 5.73 Å². The quantitative estimate of drug-likeness (QED) is 0.814. The monoisotopic (exact) mass is 204 g/mol. The van der Waals surface area contributed by atoms with Gasteiger partial charge in [0.05, 0.1) is 0 Å². The van der Waals surface area contributed by atoms with Crippen LogP contribution in [-0.2, 0) is 6.54 Å². The summed E-state index contributed by atoms with van der Waals surface area (Å²) in [7, 11) is 0. The minimum absolute atomic E-state index is 0.374. The smallest absolute Gasteiger partial charge is 0.0234 e. The third-order valence-corrected chi connectivity index (χ3v) is 3.34. The molecule has 0 saturated carbocycles. The molecule has 2 nitrogen and oxygen atoms in total. The van der Waals surface area contributed by atoms with E-state index in [2.05, 4.69) is 42.2 Å². The van der Waals surface area contributed by atoms with Gasteiger partial charge in [-0.1, -0.05) is 43.7 Å². The molecule has 2 heteroatoms. The van der Waals surface area contributed by atoms with Gasteiger partial charge in [-0.3, -0.25) is 4.90 Å². The van der Waals surface area contributed by atoms with Gasteiger partial charge in [0.25, 0.3) is 0 Å². The lowest BCUT2D eigenvalue weighted by Gasteiger charge is -2.15. The van der Waals surface area contributed by atoms with Gasteiger partial charge >= 0.3 is 0 Å². The summed E-state index contributed by atoms with van der Waals surface area (Å²) in [5.74, 6) is 0.689. The summed E-state index contributed by atoms with van der Waals surface area (Å²) in [6.07, 6.45) is 1.20. The van der Waals surface area contributed by atoms with Crippen LogP contribution in [0.1, 0.15) is 18.9 Å². The van der Waals surface area contributed by atoms with Crippen molar-refractivity contribution in [3.63, 3.8) is 0 Å². The second-order valence-corrected chi connectivity index (χ2v) is 4.51. The summed E-state index contributed by atoms with van der Waals surface area (Å²) in [5.41, 5.74) is 7.48. The number of hydrogen-bond donors (Lipinski definition) is 1. The van der Waals surface area contributed by atoms with Gasteiger partial charge in [-0.05, 0) is 11.5 Å². The first-order chi connectivity index (χ1) is 7.29. The molecule has 1 fully saturated rings. The Hall–Kier alpha value is -0.860. The lowest BCUT2D eigenvalue weighted by molar-refractivity contribution is 0.314. The average molecular weight is 204 g/mol. The van der Waals surface area contributed by atoms with Gasteiger partial charge in [0.1, 0.15) is 0 Å². The molecule has 82 valence electrons. The summed E-state index contributed by atoms with van der Waals surface area (Å²) < 4.78 is 0. The Morgan fingerprint density at radius 2 is 2.00 bits per heavy atom. The Morgan fingerprint density at radius 1 is 1.27 bits per heavy atom. The van der Waals surface area contributed by atoms with Crippen LogP contribution in [0.4, 0.5) is 0 Å². The van der Waals surface area contributed by atoms with Gasteiger partial charge in [0.2, 0.25) is 0 Å². The summed E-state index contributed by atoms with van der Waals surface area (Å²) in [6, 6.07) is 11.0. The summed E-state index contributed by atoms with van der Waals surface area (Å²) in [4.78, 5) is 2.47. The SMILES string of the molecule is CCC1CN(Cc2ccccc2)CC1N. The maximum absolute atomic E-state index is 6.09. The van der Waals surface area contributed by atoms with Crippen LogP contribution in [0.15, 0.2) is 30.3 Å². The van der Waals surface area contributed by atoms with Crippen molar-refractivity contribution in [3.8, 4) is 0 Å². The first kappa shape index (κ1) is 10.7. The molecule has 1 aliphatic rings. The van der Waals surface area contributed by atoms with Crippen molar-refractivity contribution in [3.05, 3.63) is 35.9 Å². The average Bonchev–Trinajstić information content (AvgIpc) is 2.60. The maximum Gasteiger partial charge on any atom is 0.0234 e. The number of rotatable bonds is 3. The lowest BCUT2D eigenvalue weighted by atomic mass is 10.0. The zero-order valence-corrected chi connectivity index (χ0v) is 9.39. The van der Waals surface area contributed by atoms with E-state index >= 15 is 0 Å². The van der Waals surface area contributed by atoms with Gasteiger partial charge in [-0.2, -0.15) is 0 Å². The second-order valence-electron chi connectivity index (χ2n) is 4.51. The van der Waals surface area contributed by atoms with Crippen LogP contribution in [0.3, 0.4) is 0 Å². The van der Waals surface area contributed by atoms with Crippen LogP contribution in [0.2, 0.25) is 0 Å². The van der Waals surface area contributed by atoms with Gasteiger partial charge in [0.15, 0.2) is 0 Å². The van der Waals surface area contributed by atoms with Crippen LogP contribution in [0.5, 0.6) is 0 Å². The second kappa shape index (κ2) is 4.77. The molecular formula is C13H20N2. The van der Waals surface area contributed by atoms with E-state index in [0.29, 0.717) is 12.0 Å². The highest BCUT2D eigenvalue weighted by molar-refractivity contribution is 5.14. The zero-order valence-electron chi connectivity index (χ0n) is 9.39. The van der Waals surface area contributed by atoms with E-state index in [9.17, 15) is 0 Å². The van der Waals surface area contributed by atoms with E-state index in [4.69, 9.17) is 5.73 Å². The van der Waals surface area contributed by atoms with E-state index in [-0.39, 0.29) is 0 Å². The molecule has 1 aliphatic heterocycles. The normalized spacial score (nSPS) is 27.1. The summed E-state index contributed by atoms with van der Waals surface area (Å²) >= 11 is 0. The topological polar surface area (TPSA) is 29.3 Å². The highest BCUT2D eigenvalue weighted by Crippen LogP contribution is 2.20. The van der Waals surface area contributed by atoms with Crippen molar-refractivity contribution in [1.29, 1.82) is 0 Å². The molecule has 1 aromatic carbocycles. The number of hydrogen-bond acceptors (Lipinski definition) is 2. The molecule has 1 aromatic rings. The molecule has 1 heterocycles. The third kappa shape index (κ3) is 2.58. The van der Waals surface area contributed by atoms with Gasteiger partial charge in [-0.25, -0.2) is 0 Å². The molecule has 2 unspecified atom stereocenters. The lowest BCUT2D eigenvalue weighted by Crippen LogP contribution is -2.29. The van der Waals surface area contributed by atoms with E-state index < -0.39 is 0 Å². The van der Waals surface area contributed by atoms with E-state index in [0.717, 1.165) is 19.6 Å². The van der Waals surface area contributed by atoms with Crippen molar-refractivity contribution in [2.45, 2.75) is 25.9 Å². The number of nitrogens with zero attached hydrogens (tertiary/aromatic N) is 1. The molecular weight excluding hydrogens is 184 g/mol. The molecule has 1 saturated heterocycles. The van der Waals surface area contributed by atoms with E-state index in [1.165, 1.54) is 12.0 Å². The Labute approximate surface area is 92.1 Å². The maximum atomic E-state index is 6.09. The molecule has 0 amide bonds.